The number of carbonyl (C=O) groups is 1. The summed E-state index contributed by atoms with van der Waals surface area (Å²) < 4.78 is 5.57. The topological polar surface area (TPSA) is 71.2 Å². The Morgan fingerprint density at radius 2 is 2.22 bits per heavy atom. The number of carboxylic acid groups (broad SMARTS) is 1. The van der Waals surface area contributed by atoms with Crippen molar-refractivity contribution >= 4 is 34.4 Å². The lowest BCUT2D eigenvalue weighted by molar-refractivity contribution is -0.131. The first-order valence-corrected chi connectivity index (χ1v) is 8.09. The van der Waals surface area contributed by atoms with E-state index in [9.17, 15) is 4.79 Å². The van der Waals surface area contributed by atoms with Crippen molar-refractivity contribution in [3.05, 3.63) is 52.6 Å². The number of carboxylic acids is 1. The molecule has 0 bridgehead atoms. The number of hydrogen-bond donors (Lipinski definition) is 1. The second-order valence-electron chi connectivity index (χ2n) is 5.21. The highest BCUT2D eigenvalue weighted by Crippen LogP contribution is 2.29. The van der Waals surface area contributed by atoms with Gasteiger partial charge in [0.25, 0.3) is 0 Å². The fourth-order valence-corrected chi connectivity index (χ4v) is 3.08. The van der Waals surface area contributed by atoms with Crippen LogP contribution in [0.3, 0.4) is 0 Å². The third-order valence-electron chi connectivity index (χ3n) is 3.31. The van der Waals surface area contributed by atoms with Gasteiger partial charge in [0.05, 0.1) is 27.9 Å². The maximum Gasteiger partial charge on any atom is 0.342 e. The Morgan fingerprint density at radius 3 is 2.96 bits per heavy atom. The molecule has 0 radical (unpaired) electrons. The molecule has 2 aliphatic heterocycles. The van der Waals surface area contributed by atoms with Crippen LogP contribution in [-0.4, -0.2) is 28.6 Å². The standard InChI is InChI=1S/C17H16N2O3S/c1-11-3-2-4-12(9-11)18-15-10-13(7-8-22-15)19-16-6-5-14(23-16)17(20)21/h2-5,9-10H,6-8H2,1H3,(H,20,21). The predicted molar refractivity (Wildman–Crippen MR) is 92.3 cm³/mol. The zero-order valence-corrected chi connectivity index (χ0v) is 13.5. The van der Waals surface area contributed by atoms with Crippen molar-refractivity contribution < 1.29 is 14.6 Å². The number of aliphatic carboxylic acids is 1. The van der Waals surface area contributed by atoms with Crippen LogP contribution in [-0.2, 0) is 9.53 Å². The SMILES string of the molecule is Cc1cccc(N=C2C=C(N=C3CC=C(C(=O)O)S3)CCO2)c1. The molecule has 0 atom stereocenters. The van der Waals surface area contributed by atoms with E-state index in [1.807, 2.05) is 37.3 Å². The molecule has 0 saturated carbocycles. The lowest BCUT2D eigenvalue weighted by Crippen LogP contribution is -2.11. The Balaban J connectivity index is 1.76. The summed E-state index contributed by atoms with van der Waals surface area (Å²) in [6.07, 6.45) is 4.76. The minimum atomic E-state index is -0.900. The summed E-state index contributed by atoms with van der Waals surface area (Å²) in [6.45, 7) is 2.54. The predicted octanol–water partition coefficient (Wildman–Crippen LogP) is 3.83. The highest BCUT2D eigenvalue weighted by atomic mass is 32.2. The summed E-state index contributed by atoms with van der Waals surface area (Å²) in [4.78, 5) is 20.3. The molecule has 0 aliphatic carbocycles. The van der Waals surface area contributed by atoms with Gasteiger partial charge < -0.3 is 9.84 Å². The summed E-state index contributed by atoms with van der Waals surface area (Å²) in [5.41, 5.74) is 2.85. The molecule has 0 saturated heterocycles. The monoisotopic (exact) mass is 328 g/mol. The van der Waals surface area contributed by atoms with Gasteiger partial charge in [0.15, 0.2) is 0 Å². The van der Waals surface area contributed by atoms with Gasteiger partial charge >= 0.3 is 5.97 Å². The van der Waals surface area contributed by atoms with Gasteiger partial charge in [0, 0.05) is 18.9 Å². The van der Waals surface area contributed by atoms with Gasteiger partial charge in [-0.25, -0.2) is 14.8 Å². The van der Waals surface area contributed by atoms with Crippen molar-refractivity contribution in [1.82, 2.24) is 0 Å². The number of thioether (sulfide) groups is 1. The van der Waals surface area contributed by atoms with Gasteiger partial charge in [0.1, 0.15) is 0 Å². The van der Waals surface area contributed by atoms with Crippen LogP contribution in [0.4, 0.5) is 5.69 Å². The zero-order chi connectivity index (χ0) is 16.2. The first-order valence-electron chi connectivity index (χ1n) is 7.28. The molecule has 6 heteroatoms. The Kier molecular flexibility index (Phi) is 4.62. The molecule has 1 aromatic carbocycles. The Labute approximate surface area is 138 Å². The van der Waals surface area contributed by atoms with Gasteiger partial charge in [-0.05, 0) is 24.6 Å². The van der Waals surface area contributed by atoms with Crippen LogP contribution in [0.5, 0.6) is 0 Å². The highest BCUT2D eigenvalue weighted by Gasteiger charge is 2.19. The number of benzene rings is 1. The molecular weight excluding hydrogens is 312 g/mol. The van der Waals surface area contributed by atoms with E-state index in [0.717, 1.165) is 22.0 Å². The fraction of sp³-hybridized carbons (Fsp3) is 0.235. The van der Waals surface area contributed by atoms with E-state index in [-0.39, 0.29) is 0 Å². The first-order chi connectivity index (χ1) is 11.1. The maximum atomic E-state index is 10.9. The van der Waals surface area contributed by atoms with Crippen LogP contribution in [0.2, 0.25) is 0 Å². The molecule has 3 rings (SSSR count). The van der Waals surface area contributed by atoms with E-state index >= 15 is 0 Å². The van der Waals surface area contributed by atoms with Crippen LogP contribution in [0.25, 0.3) is 0 Å². The molecule has 1 aromatic rings. The summed E-state index contributed by atoms with van der Waals surface area (Å²) in [5, 5.41) is 9.76. The summed E-state index contributed by atoms with van der Waals surface area (Å²) in [7, 11) is 0. The summed E-state index contributed by atoms with van der Waals surface area (Å²) in [5.74, 6) is -0.363. The van der Waals surface area contributed by atoms with Crippen LogP contribution in [0, 0.1) is 6.92 Å². The van der Waals surface area contributed by atoms with E-state index in [2.05, 4.69) is 9.98 Å². The van der Waals surface area contributed by atoms with E-state index in [4.69, 9.17) is 9.84 Å². The molecule has 5 nitrogen and oxygen atoms in total. The summed E-state index contributed by atoms with van der Waals surface area (Å²) >= 11 is 1.21. The number of nitrogens with zero attached hydrogens (tertiary/aromatic N) is 2. The molecule has 0 spiro atoms. The van der Waals surface area contributed by atoms with Gasteiger partial charge in [0.2, 0.25) is 5.90 Å². The van der Waals surface area contributed by atoms with Crippen molar-refractivity contribution in [1.29, 1.82) is 0 Å². The van der Waals surface area contributed by atoms with Gasteiger partial charge in [-0.2, -0.15) is 0 Å². The number of rotatable bonds is 3. The molecule has 1 N–H and O–H groups in total. The third kappa shape index (κ3) is 4.10. The Bertz CT molecular complexity index is 763. The largest absolute Gasteiger partial charge is 0.477 e. The van der Waals surface area contributed by atoms with Crippen LogP contribution in [0.1, 0.15) is 18.4 Å². The molecule has 2 heterocycles. The Hall–Kier alpha value is -2.34. The average molecular weight is 328 g/mol. The number of aryl methyl sites for hydroxylation is 1. The smallest absolute Gasteiger partial charge is 0.342 e. The lowest BCUT2D eigenvalue weighted by atomic mass is 10.2. The van der Waals surface area contributed by atoms with Crippen molar-refractivity contribution in [2.45, 2.75) is 19.8 Å². The van der Waals surface area contributed by atoms with Gasteiger partial charge in [-0.1, -0.05) is 30.0 Å². The average Bonchev–Trinajstić information content (AvgIpc) is 2.96. The van der Waals surface area contributed by atoms with Crippen molar-refractivity contribution in [3.63, 3.8) is 0 Å². The van der Waals surface area contributed by atoms with E-state index < -0.39 is 5.97 Å². The van der Waals surface area contributed by atoms with Crippen molar-refractivity contribution in [2.75, 3.05) is 6.61 Å². The van der Waals surface area contributed by atoms with Gasteiger partial charge in [-0.15, -0.1) is 0 Å². The molecule has 118 valence electrons. The molecule has 0 unspecified atom stereocenters. The van der Waals surface area contributed by atoms with Crippen molar-refractivity contribution in [3.8, 4) is 0 Å². The maximum absolute atomic E-state index is 10.9. The zero-order valence-electron chi connectivity index (χ0n) is 12.7. The number of aliphatic imine (C=N–C) groups is 2. The number of allylic oxidation sites excluding steroid dienone is 1. The first kappa shape index (κ1) is 15.6. The third-order valence-corrected chi connectivity index (χ3v) is 4.36. The summed E-state index contributed by atoms with van der Waals surface area (Å²) in [6, 6.07) is 7.88. The molecular formula is C17H16N2O3S. The normalized spacial score (nSPS) is 21.1. The van der Waals surface area contributed by atoms with Crippen LogP contribution in [0.15, 0.2) is 57.0 Å². The quantitative estimate of drug-likeness (QED) is 0.915. The second-order valence-corrected chi connectivity index (χ2v) is 6.32. The molecule has 0 fully saturated rings. The van der Waals surface area contributed by atoms with Crippen LogP contribution >= 0.6 is 11.8 Å². The second kappa shape index (κ2) is 6.83. The van der Waals surface area contributed by atoms with Crippen molar-refractivity contribution in [2.24, 2.45) is 9.98 Å². The minimum Gasteiger partial charge on any atom is -0.477 e. The molecule has 23 heavy (non-hydrogen) atoms. The highest BCUT2D eigenvalue weighted by molar-refractivity contribution is 8.18. The fourth-order valence-electron chi connectivity index (χ4n) is 2.24. The van der Waals surface area contributed by atoms with Crippen LogP contribution < -0.4 is 0 Å². The molecule has 2 aliphatic rings. The number of hydrogen-bond acceptors (Lipinski definition) is 5. The van der Waals surface area contributed by atoms with E-state index in [0.29, 0.717) is 30.3 Å². The lowest BCUT2D eigenvalue weighted by Gasteiger charge is -2.13. The molecule has 0 amide bonds. The molecule has 0 aromatic heterocycles. The number of ether oxygens (including phenoxy) is 1. The Morgan fingerprint density at radius 1 is 1.35 bits per heavy atom. The van der Waals surface area contributed by atoms with E-state index in [1.165, 1.54) is 11.8 Å². The van der Waals surface area contributed by atoms with Gasteiger partial charge in [-0.3, -0.25) is 0 Å². The van der Waals surface area contributed by atoms with E-state index in [1.54, 1.807) is 6.08 Å². The minimum absolute atomic E-state index is 0.338.